The first kappa shape index (κ1) is 7.03. The zero-order valence-electron chi connectivity index (χ0n) is 6.01. The Morgan fingerprint density at radius 3 is 2.78 bits per heavy atom. The third-order valence-electron chi connectivity index (χ3n) is 2.08. The molecule has 1 heterocycles. The Kier molecular flexibility index (Phi) is 2.49. The molecule has 1 saturated heterocycles. The molecule has 0 aromatic rings. The fraction of sp³-hybridized carbons (Fsp3) is 1.00. The number of hydrogen-bond acceptors (Lipinski definition) is 2. The summed E-state index contributed by atoms with van der Waals surface area (Å²) >= 11 is 0. The second-order valence-electron chi connectivity index (χ2n) is 2.73. The lowest BCUT2D eigenvalue weighted by atomic mass is 10.1. The molecule has 0 bridgehead atoms. The molecule has 0 amide bonds. The summed E-state index contributed by atoms with van der Waals surface area (Å²) in [6.07, 6.45) is 1.18. The van der Waals surface area contributed by atoms with Gasteiger partial charge in [0, 0.05) is 13.2 Å². The molecule has 1 fully saturated rings. The van der Waals surface area contributed by atoms with E-state index in [9.17, 15) is 0 Å². The van der Waals surface area contributed by atoms with Gasteiger partial charge < -0.3 is 10.0 Å². The van der Waals surface area contributed by atoms with Crippen molar-refractivity contribution in [3.8, 4) is 0 Å². The van der Waals surface area contributed by atoms with Crippen molar-refractivity contribution in [2.45, 2.75) is 13.3 Å². The third kappa shape index (κ3) is 1.66. The van der Waals surface area contributed by atoms with E-state index in [4.69, 9.17) is 5.11 Å². The average Bonchev–Trinajstić information content (AvgIpc) is 2.34. The van der Waals surface area contributed by atoms with Crippen molar-refractivity contribution < 1.29 is 5.11 Å². The number of aliphatic hydroxyl groups excluding tert-OH is 1. The number of aliphatic hydroxyl groups is 1. The van der Waals surface area contributed by atoms with Crippen molar-refractivity contribution in [1.29, 1.82) is 0 Å². The Labute approximate surface area is 56.5 Å². The van der Waals surface area contributed by atoms with Crippen molar-refractivity contribution in [2.24, 2.45) is 5.92 Å². The lowest BCUT2D eigenvalue weighted by molar-refractivity contribution is 0.223. The third-order valence-corrected chi connectivity index (χ3v) is 2.08. The minimum atomic E-state index is 0.372. The van der Waals surface area contributed by atoms with Gasteiger partial charge >= 0.3 is 0 Å². The van der Waals surface area contributed by atoms with Gasteiger partial charge in [-0.05, 0) is 25.4 Å². The molecule has 0 aromatic carbocycles. The lowest BCUT2D eigenvalue weighted by Gasteiger charge is -2.10. The maximum absolute atomic E-state index is 8.75. The van der Waals surface area contributed by atoms with Gasteiger partial charge in [0.05, 0.1) is 0 Å². The van der Waals surface area contributed by atoms with E-state index < -0.39 is 0 Å². The van der Waals surface area contributed by atoms with Gasteiger partial charge in [0.1, 0.15) is 0 Å². The number of likely N-dealkylation sites (tertiary alicyclic amines) is 1. The van der Waals surface area contributed by atoms with E-state index in [-0.39, 0.29) is 0 Å². The first-order valence-corrected chi connectivity index (χ1v) is 3.70. The maximum Gasteiger partial charge on any atom is 0.0471 e. The summed E-state index contributed by atoms with van der Waals surface area (Å²) in [5.41, 5.74) is 0. The minimum Gasteiger partial charge on any atom is -0.396 e. The van der Waals surface area contributed by atoms with E-state index in [1.807, 2.05) is 0 Å². The molecule has 2 heteroatoms. The van der Waals surface area contributed by atoms with Crippen LogP contribution in [-0.4, -0.2) is 36.2 Å². The summed E-state index contributed by atoms with van der Waals surface area (Å²) in [5.74, 6) is 0.560. The molecule has 9 heavy (non-hydrogen) atoms. The van der Waals surface area contributed by atoms with Crippen LogP contribution >= 0.6 is 0 Å². The highest BCUT2D eigenvalue weighted by molar-refractivity contribution is 4.73. The lowest BCUT2D eigenvalue weighted by Crippen LogP contribution is -2.20. The normalized spacial score (nSPS) is 29.3. The van der Waals surface area contributed by atoms with Crippen molar-refractivity contribution in [2.75, 3.05) is 26.2 Å². The fourth-order valence-corrected chi connectivity index (χ4v) is 1.35. The minimum absolute atomic E-state index is 0.372. The van der Waals surface area contributed by atoms with Crippen molar-refractivity contribution in [1.82, 2.24) is 4.90 Å². The molecule has 0 saturated carbocycles. The van der Waals surface area contributed by atoms with E-state index in [0.717, 1.165) is 13.1 Å². The van der Waals surface area contributed by atoms with Gasteiger partial charge in [-0.3, -0.25) is 0 Å². The summed E-state index contributed by atoms with van der Waals surface area (Å²) in [6, 6.07) is 0. The highest BCUT2D eigenvalue weighted by Gasteiger charge is 2.19. The van der Waals surface area contributed by atoms with Gasteiger partial charge in [-0.1, -0.05) is 6.92 Å². The summed E-state index contributed by atoms with van der Waals surface area (Å²) in [4.78, 5) is 2.38. The average molecular weight is 129 g/mol. The van der Waals surface area contributed by atoms with Crippen LogP contribution in [0.15, 0.2) is 0 Å². The number of hydrogen-bond donors (Lipinski definition) is 1. The smallest absolute Gasteiger partial charge is 0.0471 e. The van der Waals surface area contributed by atoms with Crippen LogP contribution in [0.2, 0.25) is 0 Å². The molecule has 54 valence electrons. The second-order valence-corrected chi connectivity index (χ2v) is 2.73. The van der Waals surface area contributed by atoms with E-state index in [1.165, 1.54) is 13.0 Å². The predicted octanol–water partition coefficient (Wildman–Crippen LogP) is 0.321. The molecule has 0 unspecified atom stereocenters. The van der Waals surface area contributed by atoms with E-state index in [1.54, 1.807) is 0 Å². The summed E-state index contributed by atoms with van der Waals surface area (Å²) in [7, 11) is 0. The van der Waals surface area contributed by atoms with Crippen LogP contribution in [0.3, 0.4) is 0 Å². The Bertz CT molecular complexity index is 75.0. The molecule has 1 atom stereocenters. The van der Waals surface area contributed by atoms with Crippen LogP contribution in [-0.2, 0) is 0 Å². The Morgan fingerprint density at radius 1 is 1.67 bits per heavy atom. The molecule has 1 N–H and O–H groups in total. The van der Waals surface area contributed by atoms with E-state index in [0.29, 0.717) is 12.5 Å². The molecule has 2 nitrogen and oxygen atoms in total. The van der Waals surface area contributed by atoms with Crippen LogP contribution in [0.1, 0.15) is 13.3 Å². The molecule has 0 spiro atoms. The van der Waals surface area contributed by atoms with Gasteiger partial charge in [-0.2, -0.15) is 0 Å². The summed E-state index contributed by atoms with van der Waals surface area (Å²) < 4.78 is 0. The van der Waals surface area contributed by atoms with Gasteiger partial charge in [0.25, 0.3) is 0 Å². The van der Waals surface area contributed by atoms with Crippen LogP contribution in [0.25, 0.3) is 0 Å². The Morgan fingerprint density at radius 2 is 2.44 bits per heavy atom. The molecule has 1 aliphatic heterocycles. The standard InChI is InChI=1S/C7H15NO/c1-2-8-4-3-7(5-8)6-9/h7,9H,2-6H2,1H3/t7-/m1/s1. The zero-order valence-corrected chi connectivity index (χ0v) is 6.01. The van der Waals surface area contributed by atoms with Crippen molar-refractivity contribution in [3.63, 3.8) is 0 Å². The van der Waals surface area contributed by atoms with Gasteiger partial charge in [0.15, 0.2) is 0 Å². The molecule has 0 aliphatic carbocycles. The maximum atomic E-state index is 8.75. The Hall–Kier alpha value is -0.0800. The molecule has 0 aromatic heterocycles. The first-order valence-electron chi connectivity index (χ1n) is 3.70. The van der Waals surface area contributed by atoms with Gasteiger partial charge in [0.2, 0.25) is 0 Å². The van der Waals surface area contributed by atoms with Crippen LogP contribution < -0.4 is 0 Å². The topological polar surface area (TPSA) is 23.5 Å². The highest BCUT2D eigenvalue weighted by Crippen LogP contribution is 2.13. The van der Waals surface area contributed by atoms with Crippen LogP contribution in [0.5, 0.6) is 0 Å². The van der Waals surface area contributed by atoms with Crippen molar-refractivity contribution in [3.05, 3.63) is 0 Å². The summed E-state index contributed by atoms with van der Waals surface area (Å²) in [6.45, 7) is 5.96. The molecule has 0 radical (unpaired) electrons. The highest BCUT2D eigenvalue weighted by atomic mass is 16.3. The number of rotatable bonds is 2. The SMILES string of the molecule is CCN1CC[C@@H](CO)C1. The molecule has 1 aliphatic rings. The quantitative estimate of drug-likeness (QED) is 0.580. The Balaban J connectivity index is 2.20. The largest absolute Gasteiger partial charge is 0.396 e. The monoisotopic (exact) mass is 129 g/mol. The summed E-state index contributed by atoms with van der Waals surface area (Å²) in [5, 5.41) is 8.75. The molecule has 1 rings (SSSR count). The second kappa shape index (κ2) is 3.18. The van der Waals surface area contributed by atoms with E-state index >= 15 is 0 Å². The first-order chi connectivity index (χ1) is 4.36. The predicted molar refractivity (Wildman–Crippen MR) is 37.3 cm³/mol. The van der Waals surface area contributed by atoms with Crippen molar-refractivity contribution >= 4 is 0 Å². The van der Waals surface area contributed by atoms with Gasteiger partial charge in [-0.25, -0.2) is 0 Å². The van der Waals surface area contributed by atoms with Crippen LogP contribution in [0.4, 0.5) is 0 Å². The number of nitrogens with zero attached hydrogens (tertiary/aromatic N) is 1. The molecular weight excluding hydrogens is 114 g/mol. The van der Waals surface area contributed by atoms with E-state index in [2.05, 4.69) is 11.8 Å². The van der Waals surface area contributed by atoms with Gasteiger partial charge in [-0.15, -0.1) is 0 Å². The van der Waals surface area contributed by atoms with Crippen LogP contribution in [0, 0.1) is 5.92 Å². The fourth-order valence-electron chi connectivity index (χ4n) is 1.35. The molecular formula is C7H15NO. The zero-order chi connectivity index (χ0) is 6.69.